The number of rotatable bonds is 8. The summed E-state index contributed by atoms with van der Waals surface area (Å²) in [5.74, 6) is 0.814. The molecule has 5 nitrogen and oxygen atoms in total. The molecule has 0 aromatic heterocycles. The Labute approximate surface area is 177 Å². The van der Waals surface area contributed by atoms with Crippen LogP contribution >= 0.6 is 0 Å². The molecule has 30 heavy (non-hydrogen) atoms. The zero-order valence-corrected chi connectivity index (χ0v) is 17.5. The summed E-state index contributed by atoms with van der Waals surface area (Å²) in [5, 5.41) is 2.82. The van der Waals surface area contributed by atoms with Gasteiger partial charge in [0.25, 0.3) is 5.91 Å². The van der Waals surface area contributed by atoms with E-state index >= 15 is 0 Å². The second-order valence-electron chi connectivity index (χ2n) is 6.89. The summed E-state index contributed by atoms with van der Waals surface area (Å²) in [7, 11) is 1.57. The van der Waals surface area contributed by atoms with Gasteiger partial charge in [0.05, 0.1) is 12.8 Å². The molecule has 3 aromatic rings. The lowest BCUT2D eigenvalue weighted by Crippen LogP contribution is -2.20. The molecule has 0 unspecified atom stereocenters. The van der Waals surface area contributed by atoms with Crippen LogP contribution in [0.25, 0.3) is 0 Å². The van der Waals surface area contributed by atoms with Crippen molar-refractivity contribution in [1.82, 2.24) is 0 Å². The van der Waals surface area contributed by atoms with Crippen molar-refractivity contribution in [2.75, 3.05) is 19.0 Å². The molecule has 0 saturated heterocycles. The number of anilines is 1. The summed E-state index contributed by atoms with van der Waals surface area (Å²) >= 11 is 0. The molecule has 0 aliphatic carbocycles. The van der Waals surface area contributed by atoms with Crippen LogP contribution in [-0.2, 0) is 11.2 Å². The molecule has 0 saturated carbocycles. The first kappa shape index (κ1) is 21.1. The molecule has 3 aromatic carbocycles. The van der Waals surface area contributed by atoms with E-state index in [4.69, 9.17) is 9.47 Å². The van der Waals surface area contributed by atoms with Crippen LogP contribution in [0.5, 0.6) is 11.5 Å². The van der Waals surface area contributed by atoms with E-state index in [0.29, 0.717) is 11.5 Å². The van der Waals surface area contributed by atoms with Gasteiger partial charge in [-0.25, -0.2) is 0 Å². The second kappa shape index (κ2) is 10.3. The molecule has 1 N–H and O–H groups in total. The van der Waals surface area contributed by atoms with E-state index in [1.165, 1.54) is 5.56 Å². The fraction of sp³-hybridized carbons (Fsp3) is 0.200. The lowest BCUT2D eigenvalue weighted by atomic mass is 10.1. The van der Waals surface area contributed by atoms with E-state index in [1.54, 1.807) is 19.4 Å². The largest absolute Gasteiger partial charge is 0.493 e. The number of hydrogen-bond acceptors (Lipinski definition) is 4. The normalized spacial score (nSPS) is 10.8. The third-order valence-electron chi connectivity index (χ3n) is 4.56. The maximum atomic E-state index is 12.2. The highest BCUT2D eigenvalue weighted by molar-refractivity contribution is 5.92. The molecule has 3 rings (SSSR count). The van der Waals surface area contributed by atoms with Gasteiger partial charge in [0.2, 0.25) is 0 Å². The zero-order valence-electron chi connectivity index (χ0n) is 17.5. The average Bonchev–Trinajstić information content (AvgIpc) is 2.77. The van der Waals surface area contributed by atoms with E-state index in [0.717, 1.165) is 28.9 Å². The molecule has 0 atom stereocenters. The maximum absolute atomic E-state index is 12.2. The molecule has 0 bridgehead atoms. The number of nitrogens with one attached hydrogen (secondary N) is 1. The van der Waals surface area contributed by atoms with Crippen molar-refractivity contribution in [1.29, 1.82) is 0 Å². The van der Waals surface area contributed by atoms with Crippen LogP contribution in [0, 0.1) is 6.92 Å². The van der Waals surface area contributed by atoms with Crippen molar-refractivity contribution in [3.05, 3.63) is 83.4 Å². The summed E-state index contributed by atoms with van der Waals surface area (Å²) < 4.78 is 11.1. The van der Waals surface area contributed by atoms with E-state index in [1.807, 2.05) is 55.5 Å². The molecule has 0 aliphatic rings. The molecule has 1 amide bonds. The summed E-state index contributed by atoms with van der Waals surface area (Å²) in [4.78, 5) is 16.7. The Bertz CT molecular complexity index is 1030. The predicted molar refractivity (Wildman–Crippen MR) is 121 cm³/mol. The molecule has 0 aliphatic heterocycles. The van der Waals surface area contributed by atoms with E-state index in [-0.39, 0.29) is 12.5 Å². The maximum Gasteiger partial charge on any atom is 0.262 e. The van der Waals surface area contributed by atoms with Crippen molar-refractivity contribution >= 4 is 23.5 Å². The number of ether oxygens (including phenoxy) is 2. The third-order valence-corrected chi connectivity index (χ3v) is 4.56. The van der Waals surface area contributed by atoms with E-state index < -0.39 is 0 Å². The Morgan fingerprint density at radius 2 is 1.83 bits per heavy atom. The van der Waals surface area contributed by atoms with Gasteiger partial charge >= 0.3 is 0 Å². The van der Waals surface area contributed by atoms with Crippen molar-refractivity contribution in [3.63, 3.8) is 0 Å². The third kappa shape index (κ3) is 5.95. The Hall–Kier alpha value is -3.60. The quantitative estimate of drug-likeness (QED) is 0.518. The summed E-state index contributed by atoms with van der Waals surface area (Å²) in [5.41, 5.74) is 4.87. The average molecular weight is 402 g/mol. The minimum atomic E-state index is -0.233. The van der Waals surface area contributed by atoms with Gasteiger partial charge in [-0.05, 0) is 72.5 Å². The molecule has 0 fully saturated rings. The van der Waals surface area contributed by atoms with Crippen LogP contribution in [0.3, 0.4) is 0 Å². The van der Waals surface area contributed by atoms with Crippen molar-refractivity contribution in [2.45, 2.75) is 20.3 Å². The Balaban J connectivity index is 1.61. The van der Waals surface area contributed by atoms with Crippen LogP contribution in [0.2, 0.25) is 0 Å². The Morgan fingerprint density at radius 1 is 1.03 bits per heavy atom. The minimum Gasteiger partial charge on any atom is -0.493 e. The molecule has 0 radical (unpaired) electrons. The Kier molecular flexibility index (Phi) is 7.22. The number of methoxy groups -OCH3 is 1. The number of carbonyl (C=O) groups excluding carboxylic acids is 1. The second-order valence-corrected chi connectivity index (χ2v) is 6.89. The number of aliphatic imine (C=N–C) groups is 1. The lowest BCUT2D eigenvalue weighted by Gasteiger charge is -2.11. The van der Waals surface area contributed by atoms with Gasteiger partial charge in [-0.1, -0.05) is 31.2 Å². The van der Waals surface area contributed by atoms with Crippen LogP contribution in [0.4, 0.5) is 11.4 Å². The zero-order chi connectivity index (χ0) is 21.3. The minimum absolute atomic E-state index is 0.110. The number of carbonyl (C=O) groups is 1. The fourth-order valence-corrected chi connectivity index (χ4v) is 2.91. The van der Waals surface area contributed by atoms with Gasteiger partial charge in [0.1, 0.15) is 0 Å². The van der Waals surface area contributed by atoms with Crippen LogP contribution < -0.4 is 14.8 Å². The van der Waals surface area contributed by atoms with Gasteiger partial charge in [-0.2, -0.15) is 0 Å². The lowest BCUT2D eigenvalue weighted by molar-refractivity contribution is -0.118. The van der Waals surface area contributed by atoms with Crippen molar-refractivity contribution in [2.24, 2.45) is 4.99 Å². The van der Waals surface area contributed by atoms with Crippen LogP contribution in [-0.4, -0.2) is 25.8 Å². The SMILES string of the molecule is CCc1ccc(N=Cc2ccc(OCC(=O)Nc3cccc(C)c3)c(OC)c2)cc1. The summed E-state index contributed by atoms with van der Waals surface area (Å²) in [6.45, 7) is 3.99. The standard InChI is InChI=1S/C25H26N2O3/c1-4-19-8-11-21(12-9-19)26-16-20-10-13-23(24(15-20)29-3)30-17-25(28)27-22-7-5-6-18(2)14-22/h5-16H,4,17H2,1-3H3,(H,27,28). The van der Waals surface area contributed by atoms with Gasteiger partial charge < -0.3 is 14.8 Å². The topological polar surface area (TPSA) is 59.9 Å². The smallest absolute Gasteiger partial charge is 0.262 e. The van der Waals surface area contributed by atoms with Gasteiger partial charge in [0.15, 0.2) is 18.1 Å². The summed E-state index contributed by atoms with van der Waals surface area (Å²) in [6, 6.07) is 21.2. The van der Waals surface area contributed by atoms with E-state index in [2.05, 4.69) is 29.4 Å². The van der Waals surface area contributed by atoms with Gasteiger partial charge in [-0.3, -0.25) is 9.79 Å². The first-order valence-corrected chi connectivity index (χ1v) is 9.87. The van der Waals surface area contributed by atoms with Gasteiger partial charge in [-0.15, -0.1) is 0 Å². The molecular weight excluding hydrogens is 376 g/mol. The highest BCUT2D eigenvalue weighted by atomic mass is 16.5. The number of aryl methyl sites for hydroxylation is 2. The fourth-order valence-electron chi connectivity index (χ4n) is 2.91. The van der Waals surface area contributed by atoms with Crippen molar-refractivity contribution in [3.8, 4) is 11.5 Å². The molecule has 0 heterocycles. The van der Waals surface area contributed by atoms with Crippen molar-refractivity contribution < 1.29 is 14.3 Å². The monoisotopic (exact) mass is 402 g/mol. The van der Waals surface area contributed by atoms with Gasteiger partial charge in [0, 0.05) is 11.9 Å². The van der Waals surface area contributed by atoms with E-state index in [9.17, 15) is 4.79 Å². The molecular formula is C25H26N2O3. The molecule has 5 heteroatoms. The molecule has 0 spiro atoms. The first-order valence-electron chi connectivity index (χ1n) is 9.87. The number of nitrogens with zero attached hydrogens (tertiary/aromatic N) is 1. The molecule has 154 valence electrons. The number of amides is 1. The summed E-state index contributed by atoms with van der Waals surface area (Å²) in [6.07, 6.45) is 2.78. The highest BCUT2D eigenvalue weighted by Crippen LogP contribution is 2.28. The Morgan fingerprint density at radius 3 is 2.53 bits per heavy atom. The highest BCUT2D eigenvalue weighted by Gasteiger charge is 2.09. The number of benzene rings is 3. The predicted octanol–water partition coefficient (Wildman–Crippen LogP) is 5.33. The first-order chi connectivity index (χ1) is 14.6. The van der Waals surface area contributed by atoms with Crippen LogP contribution in [0.15, 0.2) is 71.7 Å². The number of hydrogen-bond donors (Lipinski definition) is 1. The van der Waals surface area contributed by atoms with Crippen LogP contribution in [0.1, 0.15) is 23.6 Å².